The highest BCUT2D eigenvalue weighted by Crippen LogP contribution is 2.31. The van der Waals surface area contributed by atoms with Crippen molar-refractivity contribution in [3.63, 3.8) is 0 Å². The Bertz CT molecular complexity index is 887. The van der Waals surface area contributed by atoms with Crippen molar-refractivity contribution in [1.82, 2.24) is 24.6 Å². The molecule has 0 saturated heterocycles. The molecule has 3 heterocycles. The van der Waals surface area contributed by atoms with Gasteiger partial charge >= 0.3 is 0 Å². The molecule has 0 aliphatic rings. The van der Waals surface area contributed by atoms with Crippen LogP contribution in [0.2, 0.25) is 0 Å². The normalized spacial score (nSPS) is 11.9. The fourth-order valence-corrected chi connectivity index (χ4v) is 2.22. The summed E-state index contributed by atoms with van der Waals surface area (Å²) in [6.07, 6.45) is 3.96. The Kier molecular flexibility index (Phi) is 3.37. The van der Waals surface area contributed by atoms with Gasteiger partial charge < -0.3 is 15.6 Å². The summed E-state index contributed by atoms with van der Waals surface area (Å²) >= 11 is 0. The number of rotatable bonds is 3. The van der Waals surface area contributed by atoms with Crippen LogP contribution >= 0.6 is 0 Å². The molecule has 120 valence electrons. The molecule has 23 heavy (non-hydrogen) atoms. The van der Waals surface area contributed by atoms with Gasteiger partial charge in [-0.1, -0.05) is 0 Å². The minimum Gasteiger partial charge on any atom is -0.493 e. The van der Waals surface area contributed by atoms with E-state index in [1.54, 1.807) is 20.0 Å². The Labute approximate surface area is 130 Å². The molecular weight excluding hydrogens is 303 g/mol. The second kappa shape index (κ2) is 5.13. The predicted molar refractivity (Wildman–Crippen MR) is 80.2 cm³/mol. The zero-order chi connectivity index (χ0) is 16.8. The summed E-state index contributed by atoms with van der Waals surface area (Å²) in [6, 6.07) is 0. The van der Waals surface area contributed by atoms with Crippen molar-refractivity contribution in [3.05, 3.63) is 30.1 Å². The van der Waals surface area contributed by atoms with Crippen LogP contribution in [0.1, 0.15) is 19.5 Å². The van der Waals surface area contributed by atoms with E-state index in [2.05, 4.69) is 20.1 Å². The maximum absolute atomic E-state index is 14.0. The number of hydrogen-bond donors (Lipinski definition) is 2. The zero-order valence-electron chi connectivity index (χ0n) is 12.8. The average molecular weight is 318 g/mol. The van der Waals surface area contributed by atoms with Gasteiger partial charge in [-0.25, -0.2) is 23.9 Å². The number of nitrogens with zero attached hydrogens (tertiary/aromatic N) is 5. The van der Waals surface area contributed by atoms with Gasteiger partial charge in [-0.3, -0.25) is 0 Å². The van der Waals surface area contributed by atoms with E-state index in [9.17, 15) is 9.50 Å². The van der Waals surface area contributed by atoms with Crippen molar-refractivity contribution < 1.29 is 14.2 Å². The van der Waals surface area contributed by atoms with Gasteiger partial charge in [-0.05, 0) is 13.8 Å². The summed E-state index contributed by atoms with van der Waals surface area (Å²) < 4.78 is 20.7. The molecule has 0 atom stereocenters. The number of nitrogens with two attached hydrogens (primary N) is 1. The van der Waals surface area contributed by atoms with Crippen LogP contribution in [-0.4, -0.2) is 36.8 Å². The minimum atomic E-state index is -1.25. The van der Waals surface area contributed by atoms with Crippen molar-refractivity contribution in [3.8, 4) is 17.0 Å². The molecule has 0 aromatic carbocycles. The Morgan fingerprint density at radius 1 is 1.30 bits per heavy atom. The highest BCUT2D eigenvalue weighted by atomic mass is 19.1. The lowest BCUT2D eigenvalue weighted by Crippen LogP contribution is -2.19. The topological polar surface area (TPSA) is 111 Å². The van der Waals surface area contributed by atoms with E-state index in [0.29, 0.717) is 22.7 Å². The summed E-state index contributed by atoms with van der Waals surface area (Å²) in [4.78, 5) is 11.9. The third-order valence-electron chi connectivity index (χ3n) is 3.28. The molecule has 0 saturated carbocycles. The van der Waals surface area contributed by atoms with E-state index in [1.807, 2.05) is 0 Å². The van der Waals surface area contributed by atoms with Crippen LogP contribution in [0.25, 0.3) is 16.9 Å². The number of hydrogen-bond acceptors (Lipinski definition) is 7. The van der Waals surface area contributed by atoms with Gasteiger partial charge in [-0.2, -0.15) is 5.10 Å². The first-order chi connectivity index (χ1) is 10.8. The molecule has 0 fully saturated rings. The van der Waals surface area contributed by atoms with Crippen LogP contribution in [0.5, 0.6) is 5.75 Å². The average Bonchev–Trinajstić information content (AvgIpc) is 2.90. The maximum atomic E-state index is 14.0. The Morgan fingerprint density at radius 2 is 2.04 bits per heavy atom. The number of fused-ring (bicyclic) bond motifs is 1. The monoisotopic (exact) mass is 318 g/mol. The van der Waals surface area contributed by atoms with Gasteiger partial charge in [0.2, 0.25) is 5.95 Å². The smallest absolute Gasteiger partial charge is 0.220 e. The summed E-state index contributed by atoms with van der Waals surface area (Å²) in [5.74, 6) is -0.337. The van der Waals surface area contributed by atoms with Crippen LogP contribution in [0, 0.1) is 5.82 Å². The van der Waals surface area contributed by atoms with Crippen molar-refractivity contribution in [2.75, 3.05) is 12.8 Å². The van der Waals surface area contributed by atoms with E-state index in [-0.39, 0.29) is 11.6 Å². The summed E-state index contributed by atoms with van der Waals surface area (Å²) in [5, 5.41) is 14.4. The number of nitrogen functional groups attached to an aromatic ring is 1. The van der Waals surface area contributed by atoms with E-state index in [0.717, 1.165) is 6.20 Å². The van der Waals surface area contributed by atoms with Crippen molar-refractivity contribution in [2.24, 2.45) is 0 Å². The van der Waals surface area contributed by atoms with E-state index in [1.165, 1.54) is 17.8 Å². The lowest BCUT2D eigenvalue weighted by molar-refractivity contribution is 0.0707. The van der Waals surface area contributed by atoms with E-state index >= 15 is 0 Å². The van der Waals surface area contributed by atoms with Gasteiger partial charge in [0.1, 0.15) is 17.0 Å². The van der Waals surface area contributed by atoms with E-state index < -0.39 is 11.4 Å². The first kappa shape index (κ1) is 15.1. The highest BCUT2D eigenvalue weighted by molar-refractivity contribution is 5.75. The fraction of sp³-hybridized carbons (Fsp3) is 0.286. The molecule has 3 rings (SSSR count). The predicted octanol–water partition coefficient (Wildman–Crippen LogP) is 1.14. The first-order valence-corrected chi connectivity index (χ1v) is 6.75. The number of anilines is 1. The van der Waals surface area contributed by atoms with Crippen molar-refractivity contribution >= 4 is 11.6 Å². The van der Waals surface area contributed by atoms with Crippen molar-refractivity contribution in [2.45, 2.75) is 19.4 Å². The fourth-order valence-electron chi connectivity index (χ4n) is 2.22. The van der Waals surface area contributed by atoms with Crippen LogP contribution < -0.4 is 10.5 Å². The second-order valence-corrected chi connectivity index (χ2v) is 5.47. The summed E-state index contributed by atoms with van der Waals surface area (Å²) in [5.41, 5.74) is 5.23. The molecule has 0 aliphatic heterocycles. The molecule has 3 aromatic rings. The van der Waals surface area contributed by atoms with Crippen LogP contribution in [0.4, 0.5) is 10.3 Å². The Hall–Kier alpha value is -2.81. The van der Waals surface area contributed by atoms with Gasteiger partial charge in [0, 0.05) is 0 Å². The zero-order valence-corrected chi connectivity index (χ0v) is 12.8. The van der Waals surface area contributed by atoms with Crippen molar-refractivity contribution in [1.29, 1.82) is 0 Å². The van der Waals surface area contributed by atoms with Crippen LogP contribution in [-0.2, 0) is 5.60 Å². The molecule has 0 amide bonds. The number of aliphatic hydroxyl groups is 1. The number of ether oxygens (including phenoxy) is 1. The second-order valence-electron chi connectivity index (χ2n) is 5.47. The summed E-state index contributed by atoms with van der Waals surface area (Å²) in [7, 11) is 1.47. The maximum Gasteiger partial charge on any atom is 0.220 e. The SMILES string of the molecule is COc1cn2ncc(-c3nc(N)ncc3F)c2nc1C(C)(C)O. The van der Waals surface area contributed by atoms with Gasteiger partial charge in [0.15, 0.2) is 17.2 Å². The highest BCUT2D eigenvalue weighted by Gasteiger charge is 2.26. The molecule has 3 N–H and O–H groups in total. The standard InChI is InChI=1S/C14H15FN6O2/c1-14(2,22)11-9(23-3)6-21-12(20-11)7(4-18-21)10-8(15)5-17-13(16)19-10/h4-6,22H,1-3H3,(H2,16,17,19). The summed E-state index contributed by atoms with van der Waals surface area (Å²) in [6.45, 7) is 3.15. The molecular formula is C14H15FN6O2. The quantitative estimate of drug-likeness (QED) is 0.745. The molecule has 8 nitrogen and oxygen atoms in total. The molecule has 3 aromatic heterocycles. The number of methoxy groups -OCH3 is 1. The number of halogens is 1. The Morgan fingerprint density at radius 3 is 2.70 bits per heavy atom. The minimum absolute atomic E-state index is 0.00753. The lowest BCUT2D eigenvalue weighted by Gasteiger charge is -2.19. The van der Waals surface area contributed by atoms with Gasteiger partial charge in [-0.15, -0.1) is 0 Å². The molecule has 9 heteroatoms. The molecule has 0 bridgehead atoms. The van der Waals surface area contributed by atoms with Gasteiger partial charge in [0.25, 0.3) is 0 Å². The van der Waals surface area contributed by atoms with Crippen LogP contribution in [0.15, 0.2) is 18.6 Å². The lowest BCUT2D eigenvalue weighted by atomic mass is 10.0. The van der Waals surface area contributed by atoms with Gasteiger partial charge in [0.05, 0.1) is 31.3 Å². The molecule has 0 radical (unpaired) electrons. The molecule has 0 aliphatic carbocycles. The molecule has 0 spiro atoms. The molecule has 0 unspecified atom stereocenters. The number of aromatic nitrogens is 5. The Balaban J connectivity index is 2.30. The largest absolute Gasteiger partial charge is 0.493 e. The first-order valence-electron chi connectivity index (χ1n) is 6.75. The third kappa shape index (κ3) is 2.55. The van der Waals surface area contributed by atoms with Crippen LogP contribution in [0.3, 0.4) is 0 Å². The van der Waals surface area contributed by atoms with E-state index in [4.69, 9.17) is 10.5 Å². The third-order valence-corrected chi connectivity index (χ3v) is 3.28.